The molecule has 164 valence electrons. The Bertz CT molecular complexity index is 1190. The van der Waals surface area contributed by atoms with Gasteiger partial charge < -0.3 is 10.2 Å². The molecule has 8 heteroatoms. The Hall–Kier alpha value is -3.58. The van der Waals surface area contributed by atoms with E-state index < -0.39 is 17.7 Å². The highest BCUT2D eigenvalue weighted by atomic mass is 35.5. The van der Waals surface area contributed by atoms with E-state index in [0.717, 1.165) is 22.0 Å². The maximum atomic E-state index is 13.2. The van der Waals surface area contributed by atoms with Gasteiger partial charge in [0.2, 0.25) is 0 Å². The van der Waals surface area contributed by atoms with Crippen molar-refractivity contribution in [3.63, 3.8) is 0 Å². The molecule has 1 heterocycles. The first-order valence-corrected chi connectivity index (χ1v) is 10.6. The second-order valence-electron chi connectivity index (χ2n) is 8.16. The topological polar surface area (TPSA) is 77.0 Å². The number of carbonyl (C=O) groups is 2. The fourth-order valence-electron chi connectivity index (χ4n) is 3.79. The molecule has 2 N–H and O–H groups in total. The molecule has 0 aromatic heterocycles. The molecule has 3 aromatic rings. The van der Waals surface area contributed by atoms with Gasteiger partial charge >= 0.3 is 12.1 Å². The van der Waals surface area contributed by atoms with Gasteiger partial charge in [-0.05, 0) is 43.0 Å². The van der Waals surface area contributed by atoms with Gasteiger partial charge in [-0.1, -0.05) is 60.1 Å². The monoisotopic (exact) mass is 449 g/mol. The number of hydrazone groups is 1. The molecule has 4 amide bonds. The fourth-order valence-corrected chi connectivity index (χ4v) is 3.92. The van der Waals surface area contributed by atoms with Crippen molar-refractivity contribution in [1.82, 2.24) is 15.6 Å². The zero-order valence-electron chi connectivity index (χ0n) is 18.0. The Labute approximate surface area is 191 Å². The molecule has 4 rings (SSSR count). The van der Waals surface area contributed by atoms with Gasteiger partial charge in [0.15, 0.2) is 0 Å². The summed E-state index contributed by atoms with van der Waals surface area (Å²) in [6.45, 7) is 3.83. The second-order valence-corrected chi connectivity index (χ2v) is 8.60. The molecular weight excluding hydrogens is 426 g/mol. The molecule has 1 atom stereocenters. The van der Waals surface area contributed by atoms with Crippen LogP contribution in [0.15, 0.2) is 71.8 Å². The lowest BCUT2D eigenvalue weighted by atomic mass is 10.00. The summed E-state index contributed by atoms with van der Waals surface area (Å²) in [4.78, 5) is 29.2. The molecule has 32 heavy (non-hydrogen) atoms. The quantitative estimate of drug-likeness (QED) is 0.443. The van der Waals surface area contributed by atoms with E-state index in [1.165, 1.54) is 6.21 Å². The van der Waals surface area contributed by atoms with E-state index in [1.807, 2.05) is 56.3 Å². The highest BCUT2D eigenvalue weighted by molar-refractivity contribution is 6.30. The van der Waals surface area contributed by atoms with Crippen molar-refractivity contribution in [2.24, 2.45) is 5.10 Å². The van der Waals surface area contributed by atoms with E-state index in [1.54, 1.807) is 41.1 Å². The summed E-state index contributed by atoms with van der Waals surface area (Å²) >= 11 is 5.88. The first-order chi connectivity index (χ1) is 15.3. The summed E-state index contributed by atoms with van der Waals surface area (Å²) < 4.78 is 0. The van der Waals surface area contributed by atoms with Gasteiger partial charge in [-0.3, -0.25) is 4.90 Å². The van der Waals surface area contributed by atoms with Crippen molar-refractivity contribution in [3.05, 3.63) is 77.3 Å². The van der Waals surface area contributed by atoms with Crippen LogP contribution in [-0.4, -0.2) is 41.9 Å². The molecule has 0 radical (unpaired) electrons. The summed E-state index contributed by atoms with van der Waals surface area (Å²) in [5.41, 5.74) is 3.35. The summed E-state index contributed by atoms with van der Waals surface area (Å²) in [7, 11) is 1.73. The molecule has 3 aromatic carbocycles. The molecule has 1 fully saturated rings. The molecule has 1 saturated heterocycles. The number of anilines is 1. The van der Waals surface area contributed by atoms with E-state index in [0.29, 0.717) is 5.02 Å². The van der Waals surface area contributed by atoms with Gasteiger partial charge in [0.05, 0.1) is 17.4 Å². The Balaban J connectivity index is 1.59. The van der Waals surface area contributed by atoms with Crippen molar-refractivity contribution >= 4 is 46.3 Å². The highest BCUT2D eigenvalue weighted by Crippen LogP contribution is 2.37. The fraction of sp³-hybridized carbons (Fsp3) is 0.208. The van der Waals surface area contributed by atoms with Gasteiger partial charge in [0.1, 0.15) is 6.17 Å². The Kier molecular flexibility index (Phi) is 5.76. The third-order valence-corrected chi connectivity index (χ3v) is 6.08. The van der Waals surface area contributed by atoms with Crippen molar-refractivity contribution in [1.29, 1.82) is 0 Å². The average molecular weight is 450 g/mol. The minimum atomic E-state index is -0.661. The first-order valence-electron chi connectivity index (χ1n) is 10.2. The molecule has 0 aliphatic carbocycles. The summed E-state index contributed by atoms with van der Waals surface area (Å²) in [6.07, 6.45) is 0.909. The van der Waals surface area contributed by atoms with Gasteiger partial charge in [-0.15, -0.1) is 0 Å². The number of benzene rings is 3. The number of amides is 4. The van der Waals surface area contributed by atoms with Crippen LogP contribution in [0, 0.1) is 0 Å². The molecular formula is C24H24ClN5O2. The van der Waals surface area contributed by atoms with Crippen LogP contribution < -0.4 is 15.6 Å². The van der Waals surface area contributed by atoms with Crippen LogP contribution in [-0.2, 0) is 0 Å². The minimum Gasteiger partial charge on any atom is -0.318 e. The number of likely N-dealkylation sites (N-methyl/N-ethyl adjacent to an activating group) is 1. The summed E-state index contributed by atoms with van der Waals surface area (Å²) in [5, 5.41) is 9.49. The smallest absolute Gasteiger partial charge is 0.318 e. The average Bonchev–Trinajstić information content (AvgIpc) is 2.94. The third kappa shape index (κ3) is 3.99. The number of hydrogen-bond acceptors (Lipinski definition) is 3. The van der Waals surface area contributed by atoms with E-state index in [9.17, 15) is 9.59 Å². The lowest BCUT2D eigenvalue weighted by molar-refractivity contribution is 0.178. The SMILES string of the molecule is CN1C(=O)N(c2cccc3ccccc23)[C@H](NC(=O)N/N=C\c2ccc(Cl)cc2)C1(C)C. The van der Waals surface area contributed by atoms with E-state index in [2.05, 4.69) is 15.8 Å². The second kappa shape index (κ2) is 8.51. The molecule has 0 unspecified atom stereocenters. The molecule has 1 aliphatic rings. The van der Waals surface area contributed by atoms with Gasteiger partial charge in [0, 0.05) is 17.5 Å². The Morgan fingerprint density at radius 2 is 1.75 bits per heavy atom. The van der Waals surface area contributed by atoms with Crippen LogP contribution in [0.25, 0.3) is 10.8 Å². The first kappa shape index (κ1) is 21.6. The van der Waals surface area contributed by atoms with Crippen LogP contribution in [0.5, 0.6) is 0 Å². The predicted octanol–water partition coefficient (Wildman–Crippen LogP) is 4.80. The zero-order valence-corrected chi connectivity index (χ0v) is 18.8. The number of halogens is 1. The predicted molar refractivity (Wildman–Crippen MR) is 128 cm³/mol. The number of hydrogen-bond donors (Lipinski definition) is 2. The number of fused-ring (bicyclic) bond motifs is 1. The summed E-state index contributed by atoms with van der Waals surface area (Å²) in [5.74, 6) is 0. The van der Waals surface area contributed by atoms with Gasteiger partial charge in [0.25, 0.3) is 0 Å². The van der Waals surface area contributed by atoms with E-state index >= 15 is 0 Å². The lowest BCUT2D eigenvalue weighted by Gasteiger charge is -2.33. The van der Waals surface area contributed by atoms with Crippen LogP contribution >= 0.6 is 11.6 Å². The number of carbonyl (C=O) groups excluding carboxylic acids is 2. The van der Waals surface area contributed by atoms with Crippen LogP contribution in [0.2, 0.25) is 5.02 Å². The lowest BCUT2D eigenvalue weighted by Crippen LogP contribution is -2.57. The number of rotatable bonds is 4. The largest absolute Gasteiger partial charge is 0.336 e. The maximum Gasteiger partial charge on any atom is 0.336 e. The van der Waals surface area contributed by atoms with Crippen molar-refractivity contribution in [2.75, 3.05) is 11.9 Å². The molecule has 0 bridgehead atoms. The van der Waals surface area contributed by atoms with Crippen LogP contribution in [0.4, 0.5) is 15.3 Å². The van der Waals surface area contributed by atoms with Crippen LogP contribution in [0.3, 0.4) is 0 Å². The number of nitrogens with zero attached hydrogens (tertiary/aromatic N) is 3. The third-order valence-electron chi connectivity index (χ3n) is 5.83. The van der Waals surface area contributed by atoms with E-state index in [4.69, 9.17) is 11.6 Å². The Morgan fingerprint density at radius 1 is 1.06 bits per heavy atom. The van der Waals surface area contributed by atoms with Crippen molar-refractivity contribution in [3.8, 4) is 0 Å². The molecule has 0 spiro atoms. The van der Waals surface area contributed by atoms with Gasteiger partial charge in [-0.2, -0.15) is 5.10 Å². The normalized spacial score (nSPS) is 17.9. The standard InChI is InChI=1S/C24H24ClN5O2/c1-24(2)21(27-22(31)28-26-15-16-11-13-18(25)14-12-16)30(23(32)29(24)3)20-10-6-8-17-7-4-5-9-19(17)20/h4-15,21H,1-3H3,(H2,27,28,31)/b26-15-/t21-/m0/s1. The molecule has 1 aliphatic heterocycles. The van der Waals surface area contributed by atoms with Crippen molar-refractivity contribution in [2.45, 2.75) is 25.6 Å². The minimum absolute atomic E-state index is 0.193. The molecule has 7 nitrogen and oxygen atoms in total. The Morgan fingerprint density at radius 3 is 2.50 bits per heavy atom. The molecule has 0 saturated carbocycles. The number of nitrogens with one attached hydrogen (secondary N) is 2. The highest BCUT2D eigenvalue weighted by Gasteiger charge is 2.51. The number of urea groups is 2. The van der Waals surface area contributed by atoms with Crippen molar-refractivity contribution < 1.29 is 9.59 Å². The van der Waals surface area contributed by atoms with Gasteiger partial charge in [-0.25, -0.2) is 15.0 Å². The summed E-state index contributed by atoms with van der Waals surface area (Å²) in [6, 6.07) is 20.0. The van der Waals surface area contributed by atoms with Crippen LogP contribution in [0.1, 0.15) is 19.4 Å². The van der Waals surface area contributed by atoms with E-state index in [-0.39, 0.29) is 6.03 Å². The maximum absolute atomic E-state index is 13.2. The zero-order chi connectivity index (χ0) is 22.9.